The molecule has 0 amide bonds. The van der Waals surface area contributed by atoms with Gasteiger partial charge in [-0.1, -0.05) is 0 Å². The normalized spacial score (nSPS) is 6.78. The molecule has 9 heavy (non-hydrogen) atoms. The van der Waals surface area contributed by atoms with Crippen molar-refractivity contribution in [3.05, 3.63) is 24.3 Å². The number of hydrogen-bond acceptors (Lipinski definition) is 2. The average Bonchev–Trinajstić information content (AvgIpc) is 1.69. The van der Waals surface area contributed by atoms with E-state index in [0.29, 0.717) is 0 Å². The molecule has 4 heteroatoms. The Labute approximate surface area is 65.2 Å². The Morgan fingerprint density at radius 2 is 1.67 bits per heavy atom. The van der Waals surface area contributed by atoms with Crippen LogP contribution in [0.4, 0.5) is 0 Å². The van der Waals surface area contributed by atoms with E-state index >= 15 is 0 Å². The molecule has 0 spiro atoms. The lowest BCUT2D eigenvalue weighted by molar-refractivity contribution is 1.05. The van der Waals surface area contributed by atoms with Crippen LogP contribution in [-0.4, -0.2) is 9.97 Å². The van der Waals surface area contributed by atoms with Gasteiger partial charge in [0.15, 0.2) is 0 Å². The van der Waals surface area contributed by atoms with Crippen LogP contribution in [-0.2, 0) is 0 Å². The zero-order chi connectivity index (χ0) is 5.11. The molecular weight excluding hydrogens is 151 g/mol. The minimum absolute atomic E-state index is 0. The highest BCUT2D eigenvalue weighted by atomic mass is 32.1. The Morgan fingerprint density at radius 3 is 1.89 bits per heavy atom. The summed E-state index contributed by atoms with van der Waals surface area (Å²) in [6.07, 6.45) is 3.45. The van der Waals surface area contributed by atoms with Gasteiger partial charge in [0.2, 0.25) is 0 Å². The van der Waals surface area contributed by atoms with E-state index in [1.165, 1.54) is 0 Å². The van der Waals surface area contributed by atoms with E-state index < -0.39 is 0 Å². The predicted molar refractivity (Wildman–Crippen MR) is 48.3 cm³/mol. The third-order valence-corrected chi connectivity index (χ3v) is 0.695. The summed E-state index contributed by atoms with van der Waals surface area (Å²) >= 11 is 0. The molecule has 0 fully saturated rings. The third-order valence-electron chi connectivity index (χ3n) is 0.695. The molecule has 0 bridgehead atoms. The average molecular weight is 162 g/mol. The zero-order valence-corrected chi connectivity index (χ0v) is 7.75. The lowest BCUT2D eigenvalue weighted by Gasteiger charge is -1.81. The van der Waals surface area contributed by atoms with Crippen molar-refractivity contribution in [2.45, 2.75) is 6.92 Å². The lowest BCUT2D eigenvalue weighted by Crippen LogP contribution is -1.80. The summed E-state index contributed by atoms with van der Waals surface area (Å²) < 4.78 is 0. The fourth-order valence-electron chi connectivity index (χ4n) is 0.374. The number of aromatic nitrogens is 2. The van der Waals surface area contributed by atoms with Crippen LogP contribution >= 0.6 is 23.4 Å². The molecule has 1 unspecified atom stereocenters. The van der Waals surface area contributed by atoms with Gasteiger partial charge in [-0.3, -0.25) is 0 Å². The van der Waals surface area contributed by atoms with Gasteiger partial charge in [-0.05, 0) is 13.0 Å². The second-order valence-corrected chi connectivity index (χ2v) is 1.30. The van der Waals surface area contributed by atoms with E-state index in [4.69, 9.17) is 0 Å². The fourth-order valence-corrected chi connectivity index (χ4v) is 0.374. The molecule has 0 aromatic carbocycles. The van der Waals surface area contributed by atoms with E-state index in [-0.39, 0.29) is 23.4 Å². The molecule has 1 atom stereocenters. The molecule has 52 valence electrons. The van der Waals surface area contributed by atoms with Gasteiger partial charge in [-0.15, -0.1) is 0 Å². The van der Waals surface area contributed by atoms with Gasteiger partial charge >= 0.3 is 0 Å². The van der Waals surface area contributed by atoms with Crippen molar-refractivity contribution < 1.29 is 0 Å². The molecule has 0 aliphatic heterocycles. The maximum absolute atomic E-state index is 3.87. The van der Waals surface area contributed by atoms with Gasteiger partial charge in [-0.2, -0.15) is 23.4 Å². The van der Waals surface area contributed by atoms with Crippen LogP contribution in [0.3, 0.4) is 0 Å². The van der Waals surface area contributed by atoms with Crippen LogP contribution in [0.1, 0.15) is 5.82 Å². The van der Waals surface area contributed by atoms with Gasteiger partial charge < -0.3 is 0 Å². The summed E-state index contributed by atoms with van der Waals surface area (Å²) in [7, 11) is 0. The van der Waals surface area contributed by atoms with Crippen LogP contribution in [0.25, 0.3) is 0 Å². The Balaban J connectivity index is 0. The standard InChI is InChI=1S/C5H6N2.H3P.H2S/c1-5-6-3-2-4-7-5;;/h2-4H,1H3;1H3;1H2. The van der Waals surface area contributed by atoms with Crippen molar-refractivity contribution in [3.8, 4) is 0 Å². The van der Waals surface area contributed by atoms with Crippen molar-refractivity contribution in [2.75, 3.05) is 0 Å². The Hall–Kier alpha value is -0.140. The lowest BCUT2D eigenvalue weighted by atomic mass is 10.6. The minimum Gasteiger partial charge on any atom is -0.242 e. The topological polar surface area (TPSA) is 25.8 Å². The Bertz CT molecular complexity index is 145. The summed E-state index contributed by atoms with van der Waals surface area (Å²) in [6.45, 7) is 1.86. The van der Waals surface area contributed by atoms with Gasteiger partial charge in [0.05, 0.1) is 0 Å². The molecule has 0 aliphatic rings. The summed E-state index contributed by atoms with van der Waals surface area (Å²) in [5.41, 5.74) is 0. The molecule has 0 radical (unpaired) electrons. The Morgan fingerprint density at radius 1 is 1.22 bits per heavy atom. The smallest absolute Gasteiger partial charge is 0.125 e. The molecular formula is C5H11N2PS. The number of hydrogen-bond donors (Lipinski definition) is 0. The van der Waals surface area contributed by atoms with Crippen LogP contribution in [0.2, 0.25) is 0 Å². The predicted octanol–water partition coefficient (Wildman–Crippen LogP) is 0.956. The first-order chi connectivity index (χ1) is 3.39. The number of rotatable bonds is 0. The minimum atomic E-state index is 0. The van der Waals surface area contributed by atoms with Crippen molar-refractivity contribution in [3.63, 3.8) is 0 Å². The van der Waals surface area contributed by atoms with E-state index in [2.05, 4.69) is 9.97 Å². The summed E-state index contributed by atoms with van der Waals surface area (Å²) in [4.78, 5) is 7.74. The summed E-state index contributed by atoms with van der Waals surface area (Å²) in [5, 5.41) is 0. The quantitative estimate of drug-likeness (QED) is 0.531. The molecule has 1 rings (SSSR count). The second kappa shape index (κ2) is 5.99. The van der Waals surface area contributed by atoms with Crippen LogP contribution in [0, 0.1) is 6.92 Å². The van der Waals surface area contributed by atoms with Crippen LogP contribution < -0.4 is 0 Å². The monoisotopic (exact) mass is 162 g/mol. The molecule has 0 saturated carbocycles. The number of nitrogens with zero attached hydrogens (tertiary/aromatic N) is 2. The second-order valence-electron chi connectivity index (χ2n) is 1.30. The first kappa shape index (κ1) is 11.6. The maximum Gasteiger partial charge on any atom is 0.125 e. The first-order valence-corrected chi connectivity index (χ1v) is 2.13. The van der Waals surface area contributed by atoms with Gasteiger partial charge in [0.25, 0.3) is 0 Å². The van der Waals surface area contributed by atoms with Gasteiger partial charge in [0, 0.05) is 12.4 Å². The molecule has 1 heterocycles. The maximum atomic E-state index is 3.87. The first-order valence-electron chi connectivity index (χ1n) is 2.13. The van der Waals surface area contributed by atoms with Crippen molar-refractivity contribution >= 4 is 23.4 Å². The van der Waals surface area contributed by atoms with Crippen molar-refractivity contribution in [2.24, 2.45) is 0 Å². The SMILES string of the molecule is Cc1ncccn1.P.S. The van der Waals surface area contributed by atoms with E-state index in [1.54, 1.807) is 18.5 Å². The highest BCUT2D eigenvalue weighted by Crippen LogP contribution is 1.78. The summed E-state index contributed by atoms with van der Waals surface area (Å²) in [5.74, 6) is 0.822. The Kier molecular flexibility index (Phi) is 7.74. The molecule has 0 saturated heterocycles. The zero-order valence-electron chi connectivity index (χ0n) is 5.33. The van der Waals surface area contributed by atoms with E-state index in [9.17, 15) is 0 Å². The highest BCUT2D eigenvalue weighted by Gasteiger charge is 1.74. The molecule has 1 aromatic rings. The molecule has 1 aromatic heterocycles. The van der Waals surface area contributed by atoms with Gasteiger partial charge in [-0.25, -0.2) is 9.97 Å². The van der Waals surface area contributed by atoms with Gasteiger partial charge in [0.1, 0.15) is 5.82 Å². The van der Waals surface area contributed by atoms with Crippen LogP contribution in [0.5, 0.6) is 0 Å². The molecule has 0 aliphatic carbocycles. The van der Waals surface area contributed by atoms with Crippen LogP contribution in [0.15, 0.2) is 18.5 Å². The summed E-state index contributed by atoms with van der Waals surface area (Å²) in [6, 6.07) is 1.80. The van der Waals surface area contributed by atoms with E-state index in [1.807, 2.05) is 6.92 Å². The number of aryl methyl sites for hydroxylation is 1. The largest absolute Gasteiger partial charge is 0.242 e. The fraction of sp³-hybridized carbons (Fsp3) is 0.200. The molecule has 0 N–H and O–H groups in total. The molecule has 2 nitrogen and oxygen atoms in total. The highest BCUT2D eigenvalue weighted by molar-refractivity contribution is 7.59. The van der Waals surface area contributed by atoms with Crippen molar-refractivity contribution in [1.82, 2.24) is 9.97 Å². The third kappa shape index (κ3) is 4.37. The van der Waals surface area contributed by atoms with E-state index in [0.717, 1.165) is 5.82 Å². The van der Waals surface area contributed by atoms with Crippen molar-refractivity contribution in [1.29, 1.82) is 0 Å².